The summed E-state index contributed by atoms with van der Waals surface area (Å²) in [7, 11) is 0. The molecule has 114 valence electrons. The van der Waals surface area contributed by atoms with Crippen molar-refractivity contribution in [2.24, 2.45) is 0 Å². The lowest BCUT2D eigenvalue weighted by Gasteiger charge is -2.17. The summed E-state index contributed by atoms with van der Waals surface area (Å²) in [6.45, 7) is 4.39. The molecule has 0 saturated heterocycles. The van der Waals surface area contributed by atoms with Crippen LogP contribution in [0.1, 0.15) is 35.0 Å². The summed E-state index contributed by atoms with van der Waals surface area (Å²) in [5, 5.41) is 15.5. The lowest BCUT2D eigenvalue weighted by molar-refractivity contribution is 0.129. The number of furan rings is 1. The van der Waals surface area contributed by atoms with Gasteiger partial charge in [-0.3, -0.25) is 0 Å². The minimum atomic E-state index is -0.713. The number of aryl methyl sites for hydroxylation is 1. The van der Waals surface area contributed by atoms with Crippen molar-refractivity contribution in [3.05, 3.63) is 46.0 Å². The van der Waals surface area contributed by atoms with Gasteiger partial charge in [0.25, 0.3) is 0 Å². The van der Waals surface area contributed by atoms with E-state index in [1.807, 2.05) is 26.0 Å². The third kappa shape index (κ3) is 4.91. The minimum Gasteiger partial charge on any atom is -0.467 e. The van der Waals surface area contributed by atoms with Gasteiger partial charge in [-0.25, -0.2) is 4.79 Å². The van der Waals surface area contributed by atoms with Gasteiger partial charge < -0.3 is 20.2 Å². The number of carbonyl (C=O) groups is 1. The highest BCUT2D eigenvalue weighted by atomic mass is 32.1. The lowest BCUT2D eigenvalue weighted by Crippen LogP contribution is -2.40. The second-order valence-electron chi connectivity index (χ2n) is 5.01. The van der Waals surface area contributed by atoms with Gasteiger partial charge in [-0.15, -0.1) is 11.3 Å². The molecule has 0 aliphatic carbocycles. The maximum atomic E-state index is 11.8. The molecule has 0 aromatic carbocycles. The summed E-state index contributed by atoms with van der Waals surface area (Å²) in [5.74, 6) is 0.512. The van der Waals surface area contributed by atoms with Gasteiger partial charge in [0, 0.05) is 22.2 Å². The first-order valence-corrected chi connectivity index (χ1v) is 7.67. The molecule has 2 amide bonds. The van der Waals surface area contributed by atoms with Crippen LogP contribution in [0.25, 0.3) is 0 Å². The fourth-order valence-electron chi connectivity index (χ4n) is 2.01. The smallest absolute Gasteiger partial charge is 0.315 e. The van der Waals surface area contributed by atoms with E-state index in [2.05, 4.69) is 10.6 Å². The Balaban J connectivity index is 1.71. The average molecular weight is 308 g/mol. The molecule has 2 aromatic heterocycles. The molecule has 0 saturated carbocycles. The Kier molecular flexibility index (Phi) is 5.41. The highest BCUT2D eigenvalue weighted by molar-refractivity contribution is 7.11. The molecule has 2 atom stereocenters. The van der Waals surface area contributed by atoms with Crippen molar-refractivity contribution >= 4 is 17.4 Å². The molecule has 0 radical (unpaired) electrons. The third-order valence-corrected chi connectivity index (χ3v) is 4.05. The normalized spacial score (nSPS) is 13.7. The maximum absolute atomic E-state index is 11.8. The number of carbonyl (C=O) groups excluding carboxylic acids is 1. The second-order valence-corrected chi connectivity index (χ2v) is 6.38. The summed E-state index contributed by atoms with van der Waals surface area (Å²) in [5.41, 5.74) is 0. The van der Waals surface area contributed by atoms with E-state index in [4.69, 9.17) is 4.42 Å². The van der Waals surface area contributed by atoms with Crippen LogP contribution < -0.4 is 10.6 Å². The Morgan fingerprint density at radius 3 is 2.86 bits per heavy atom. The van der Waals surface area contributed by atoms with E-state index in [1.54, 1.807) is 23.5 Å². The largest absolute Gasteiger partial charge is 0.467 e. The van der Waals surface area contributed by atoms with Crippen LogP contribution >= 0.6 is 11.3 Å². The fraction of sp³-hybridized carbons (Fsp3) is 0.400. The first-order valence-electron chi connectivity index (χ1n) is 6.85. The van der Waals surface area contributed by atoms with Gasteiger partial charge >= 0.3 is 6.03 Å². The summed E-state index contributed by atoms with van der Waals surface area (Å²) in [6, 6.07) is 7.09. The zero-order chi connectivity index (χ0) is 15.2. The molecular formula is C15H20N2O3S. The Morgan fingerprint density at radius 1 is 1.43 bits per heavy atom. The summed E-state index contributed by atoms with van der Waals surface area (Å²) < 4.78 is 5.13. The summed E-state index contributed by atoms with van der Waals surface area (Å²) in [4.78, 5) is 14.1. The first kappa shape index (κ1) is 15.6. The van der Waals surface area contributed by atoms with Gasteiger partial charge in [-0.2, -0.15) is 0 Å². The van der Waals surface area contributed by atoms with Crippen LogP contribution in [0.4, 0.5) is 4.79 Å². The number of aliphatic hydroxyl groups excluding tert-OH is 1. The number of rotatable bonds is 6. The third-order valence-electron chi connectivity index (χ3n) is 3.05. The molecular weight excluding hydrogens is 288 g/mol. The Morgan fingerprint density at radius 2 is 2.24 bits per heavy atom. The molecule has 0 aliphatic rings. The quantitative estimate of drug-likeness (QED) is 0.768. The monoisotopic (exact) mass is 308 g/mol. The molecule has 6 heteroatoms. The first-order chi connectivity index (χ1) is 10.0. The number of hydrogen-bond acceptors (Lipinski definition) is 4. The molecule has 0 aliphatic heterocycles. The van der Waals surface area contributed by atoms with Crippen LogP contribution in [-0.4, -0.2) is 17.2 Å². The van der Waals surface area contributed by atoms with Gasteiger partial charge in [0.2, 0.25) is 0 Å². The van der Waals surface area contributed by atoms with Crippen LogP contribution in [0.15, 0.2) is 34.9 Å². The number of urea groups is 1. The molecule has 2 aromatic rings. The Hall–Kier alpha value is -1.79. The van der Waals surface area contributed by atoms with Gasteiger partial charge in [-0.05, 0) is 38.1 Å². The van der Waals surface area contributed by atoms with E-state index in [-0.39, 0.29) is 12.1 Å². The predicted octanol–water partition coefficient (Wildman–Crippen LogP) is 2.96. The number of nitrogens with one attached hydrogen (secondary N) is 2. The number of hydrogen-bond donors (Lipinski definition) is 3. The second kappa shape index (κ2) is 7.28. The predicted molar refractivity (Wildman–Crippen MR) is 82.2 cm³/mol. The molecule has 0 bridgehead atoms. The van der Waals surface area contributed by atoms with E-state index >= 15 is 0 Å². The molecule has 0 fully saturated rings. The van der Waals surface area contributed by atoms with Crippen LogP contribution in [0.2, 0.25) is 0 Å². The van der Waals surface area contributed by atoms with E-state index in [1.165, 1.54) is 11.1 Å². The maximum Gasteiger partial charge on any atom is 0.315 e. The molecule has 5 nitrogen and oxygen atoms in total. The molecule has 21 heavy (non-hydrogen) atoms. The van der Waals surface area contributed by atoms with E-state index in [9.17, 15) is 9.90 Å². The minimum absolute atomic E-state index is 0.157. The van der Waals surface area contributed by atoms with Crippen LogP contribution in [-0.2, 0) is 6.54 Å². The van der Waals surface area contributed by atoms with E-state index in [0.717, 1.165) is 4.88 Å². The van der Waals surface area contributed by atoms with Gasteiger partial charge in [-0.1, -0.05) is 0 Å². The zero-order valence-corrected chi connectivity index (χ0v) is 12.9. The van der Waals surface area contributed by atoms with E-state index < -0.39 is 6.10 Å². The van der Waals surface area contributed by atoms with Crippen molar-refractivity contribution in [3.8, 4) is 0 Å². The Bertz CT molecular complexity index is 565. The summed E-state index contributed by atoms with van der Waals surface area (Å²) >= 11 is 1.66. The number of aliphatic hydroxyl groups is 1. The Labute approximate surface area is 128 Å². The van der Waals surface area contributed by atoms with Gasteiger partial charge in [0.1, 0.15) is 11.9 Å². The van der Waals surface area contributed by atoms with Crippen molar-refractivity contribution in [3.63, 3.8) is 0 Å². The van der Waals surface area contributed by atoms with Crippen molar-refractivity contribution in [1.29, 1.82) is 0 Å². The van der Waals surface area contributed by atoms with Crippen molar-refractivity contribution < 1.29 is 14.3 Å². The number of thiophene rings is 1. The van der Waals surface area contributed by atoms with Crippen LogP contribution in [0.5, 0.6) is 0 Å². The van der Waals surface area contributed by atoms with Gasteiger partial charge in [0.15, 0.2) is 0 Å². The van der Waals surface area contributed by atoms with Crippen LogP contribution in [0, 0.1) is 6.92 Å². The zero-order valence-electron chi connectivity index (χ0n) is 12.1. The SMILES string of the molecule is Cc1ccc(CNC(=O)NC(C)CC(O)c2ccco2)s1. The molecule has 2 heterocycles. The summed E-state index contributed by atoms with van der Waals surface area (Å²) in [6.07, 6.45) is 1.21. The standard InChI is InChI=1S/C15H20N2O3S/c1-10(8-13(18)14-4-3-7-20-14)17-15(19)16-9-12-6-5-11(2)21-12/h3-7,10,13,18H,8-9H2,1-2H3,(H2,16,17,19). The average Bonchev–Trinajstić information content (AvgIpc) is 3.07. The van der Waals surface area contributed by atoms with Crippen molar-refractivity contribution in [2.75, 3.05) is 0 Å². The van der Waals surface area contributed by atoms with Crippen LogP contribution in [0.3, 0.4) is 0 Å². The van der Waals surface area contributed by atoms with Crippen molar-refractivity contribution in [1.82, 2.24) is 10.6 Å². The molecule has 2 rings (SSSR count). The lowest BCUT2D eigenvalue weighted by atomic mass is 10.1. The van der Waals surface area contributed by atoms with Gasteiger partial charge in [0.05, 0.1) is 12.8 Å². The topological polar surface area (TPSA) is 74.5 Å². The molecule has 3 N–H and O–H groups in total. The molecule has 0 spiro atoms. The highest BCUT2D eigenvalue weighted by Gasteiger charge is 2.16. The number of amides is 2. The fourth-order valence-corrected chi connectivity index (χ4v) is 2.84. The van der Waals surface area contributed by atoms with Crippen molar-refractivity contribution in [2.45, 2.75) is 39.0 Å². The molecule has 2 unspecified atom stereocenters. The van der Waals surface area contributed by atoms with E-state index in [0.29, 0.717) is 18.7 Å². The highest BCUT2D eigenvalue weighted by Crippen LogP contribution is 2.18.